The van der Waals surface area contributed by atoms with E-state index < -0.39 is 0 Å². The van der Waals surface area contributed by atoms with Crippen LogP contribution in [-0.4, -0.2) is 25.9 Å². The molecule has 0 atom stereocenters. The predicted octanol–water partition coefficient (Wildman–Crippen LogP) is 2.49. The Hall–Kier alpha value is -2.09. The summed E-state index contributed by atoms with van der Waals surface area (Å²) in [5.41, 5.74) is -0.0155. The van der Waals surface area contributed by atoms with Gasteiger partial charge in [0.15, 0.2) is 0 Å². The van der Waals surface area contributed by atoms with Gasteiger partial charge in [-0.15, -0.1) is 10.2 Å². The lowest BCUT2D eigenvalue weighted by Gasteiger charge is -2.04. The van der Waals surface area contributed by atoms with Gasteiger partial charge < -0.3 is 0 Å². The van der Waals surface area contributed by atoms with Crippen LogP contribution in [0.5, 0.6) is 0 Å². The van der Waals surface area contributed by atoms with Crippen LogP contribution in [0.1, 0.15) is 55.0 Å². The maximum atomic E-state index is 12.2. The van der Waals surface area contributed by atoms with Crippen LogP contribution in [-0.2, 0) is 13.0 Å². The Morgan fingerprint density at radius 2 is 2.04 bits per heavy atom. The molecule has 2 aromatic rings. The summed E-state index contributed by atoms with van der Waals surface area (Å²) < 4.78 is 1.30. The van der Waals surface area contributed by atoms with Gasteiger partial charge in [0.2, 0.25) is 5.13 Å². The number of nitrogens with zero attached hydrogens (tertiary/aromatic N) is 4. The lowest BCUT2D eigenvalue weighted by molar-refractivity contribution is 0.101. The molecule has 124 valence electrons. The number of aromatic nitrogens is 4. The second kappa shape index (κ2) is 8.52. The molecule has 1 N–H and O–H groups in total. The van der Waals surface area contributed by atoms with Gasteiger partial charge in [0.05, 0.1) is 0 Å². The molecule has 0 spiro atoms. The fraction of sp³-hybridized carbons (Fsp3) is 0.533. The van der Waals surface area contributed by atoms with E-state index in [-0.39, 0.29) is 17.2 Å². The molecule has 7 nitrogen and oxygen atoms in total. The molecule has 2 rings (SSSR count). The van der Waals surface area contributed by atoms with E-state index in [1.165, 1.54) is 28.2 Å². The molecule has 0 fully saturated rings. The van der Waals surface area contributed by atoms with Crippen molar-refractivity contribution in [1.82, 2.24) is 20.0 Å². The van der Waals surface area contributed by atoms with Gasteiger partial charge in [-0.2, -0.15) is 5.10 Å². The number of carbonyl (C=O) groups is 1. The van der Waals surface area contributed by atoms with Crippen LogP contribution < -0.4 is 10.9 Å². The number of rotatable bonds is 8. The third-order valence-corrected chi connectivity index (χ3v) is 4.11. The van der Waals surface area contributed by atoms with Crippen LogP contribution >= 0.6 is 11.3 Å². The average Bonchev–Trinajstić information content (AvgIpc) is 2.97. The van der Waals surface area contributed by atoms with Crippen LogP contribution in [0.4, 0.5) is 5.13 Å². The number of amides is 1. The Morgan fingerprint density at radius 1 is 1.22 bits per heavy atom. The van der Waals surface area contributed by atoms with Crippen molar-refractivity contribution >= 4 is 22.4 Å². The lowest BCUT2D eigenvalue weighted by Crippen LogP contribution is -2.26. The van der Waals surface area contributed by atoms with Crippen molar-refractivity contribution in [2.45, 2.75) is 52.5 Å². The highest BCUT2D eigenvalue weighted by atomic mass is 32.1. The van der Waals surface area contributed by atoms with Crippen molar-refractivity contribution < 1.29 is 4.79 Å². The van der Waals surface area contributed by atoms with Crippen molar-refractivity contribution in [3.63, 3.8) is 0 Å². The molecule has 23 heavy (non-hydrogen) atoms. The van der Waals surface area contributed by atoms with Gasteiger partial charge in [0, 0.05) is 19.0 Å². The minimum absolute atomic E-state index is 0.195. The SMILES string of the molecule is CCCCCc1nnc(NC(=O)c2ccc(=O)n(CCC)n2)s1. The Morgan fingerprint density at radius 3 is 2.78 bits per heavy atom. The van der Waals surface area contributed by atoms with Crippen LogP contribution in [0.3, 0.4) is 0 Å². The third kappa shape index (κ3) is 4.95. The fourth-order valence-corrected chi connectivity index (χ4v) is 2.81. The molecule has 0 saturated heterocycles. The van der Waals surface area contributed by atoms with E-state index in [9.17, 15) is 9.59 Å². The van der Waals surface area contributed by atoms with Crippen molar-refractivity contribution in [3.8, 4) is 0 Å². The molecule has 2 heterocycles. The molecule has 0 saturated carbocycles. The molecule has 0 bridgehead atoms. The van der Waals surface area contributed by atoms with E-state index in [1.807, 2.05) is 6.92 Å². The molecule has 0 aliphatic heterocycles. The van der Waals surface area contributed by atoms with Crippen LogP contribution in [0, 0.1) is 0 Å². The standard InChI is InChI=1S/C15H21N5O2S/c1-3-5-6-7-12-17-18-15(23-12)16-14(22)11-8-9-13(21)20(19-11)10-4-2/h8-9H,3-7,10H2,1-2H3,(H,16,18,22). The Bertz CT molecular complexity index is 710. The molecule has 0 aliphatic rings. The van der Waals surface area contributed by atoms with Crippen molar-refractivity contribution in [3.05, 3.63) is 33.2 Å². The van der Waals surface area contributed by atoms with Gasteiger partial charge in [-0.25, -0.2) is 4.68 Å². The van der Waals surface area contributed by atoms with Gasteiger partial charge in [-0.1, -0.05) is 38.0 Å². The Kier molecular flexibility index (Phi) is 6.40. The number of carbonyl (C=O) groups excluding carboxylic acids is 1. The molecule has 1 amide bonds. The summed E-state index contributed by atoms with van der Waals surface area (Å²) in [5, 5.41) is 16.2. The third-order valence-electron chi connectivity index (χ3n) is 3.22. The van der Waals surface area contributed by atoms with Crippen molar-refractivity contribution in [2.75, 3.05) is 5.32 Å². The number of hydrogen-bond acceptors (Lipinski definition) is 6. The van der Waals surface area contributed by atoms with Crippen molar-refractivity contribution in [2.24, 2.45) is 0 Å². The first-order valence-corrected chi connectivity index (χ1v) is 8.67. The highest BCUT2D eigenvalue weighted by Gasteiger charge is 2.12. The summed E-state index contributed by atoms with van der Waals surface area (Å²) in [6.45, 7) is 4.58. The van der Waals surface area contributed by atoms with Gasteiger partial charge in [0.25, 0.3) is 11.5 Å². The van der Waals surface area contributed by atoms with Gasteiger partial charge in [0.1, 0.15) is 10.7 Å². The maximum absolute atomic E-state index is 12.2. The zero-order valence-corrected chi connectivity index (χ0v) is 14.2. The van der Waals surface area contributed by atoms with Gasteiger partial charge in [-0.3, -0.25) is 14.9 Å². The van der Waals surface area contributed by atoms with E-state index in [0.29, 0.717) is 11.7 Å². The predicted molar refractivity (Wildman–Crippen MR) is 89.9 cm³/mol. The molecular weight excluding hydrogens is 314 g/mol. The highest BCUT2D eigenvalue weighted by molar-refractivity contribution is 7.15. The number of hydrogen-bond donors (Lipinski definition) is 1. The van der Waals surface area contributed by atoms with Gasteiger partial charge >= 0.3 is 0 Å². The number of anilines is 1. The molecule has 2 aromatic heterocycles. The Balaban J connectivity index is 2.01. The average molecular weight is 335 g/mol. The molecule has 0 radical (unpaired) electrons. The van der Waals surface area contributed by atoms with Gasteiger partial charge in [-0.05, 0) is 18.9 Å². The van der Waals surface area contributed by atoms with E-state index >= 15 is 0 Å². The summed E-state index contributed by atoms with van der Waals surface area (Å²) in [5.74, 6) is -0.383. The summed E-state index contributed by atoms with van der Waals surface area (Å²) in [7, 11) is 0. The summed E-state index contributed by atoms with van der Waals surface area (Å²) in [6.07, 6.45) is 5.03. The topological polar surface area (TPSA) is 89.8 Å². The highest BCUT2D eigenvalue weighted by Crippen LogP contribution is 2.18. The molecule has 0 aromatic carbocycles. The summed E-state index contributed by atoms with van der Waals surface area (Å²) >= 11 is 1.37. The first-order valence-electron chi connectivity index (χ1n) is 7.86. The quantitative estimate of drug-likeness (QED) is 0.749. The van der Waals surface area contributed by atoms with Crippen molar-refractivity contribution in [1.29, 1.82) is 0 Å². The maximum Gasteiger partial charge on any atom is 0.277 e. The minimum Gasteiger partial charge on any atom is -0.295 e. The minimum atomic E-state index is -0.383. The zero-order chi connectivity index (χ0) is 16.7. The van der Waals surface area contributed by atoms with E-state index in [1.54, 1.807) is 0 Å². The van der Waals surface area contributed by atoms with E-state index in [0.717, 1.165) is 37.1 Å². The molecular formula is C15H21N5O2S. The van der Waals surface area contributed by atoms with E-state index in [2.05, 4.69) is 27.5 Å². The second-order valence-electron chi connectivity index (χ2n) is 5.19. The molecule has 8 heteroatoms. The largest absolute Gasteiger partial charge is 0.295 e. The zero-order valence-electron chi connectivity index (χ0n) is 13.4. The lowest BCUT2D eigenvalue weighted by atomic mass is 10.2. The first-order chi connectivity index (χ1) is 11.1. The normalized spacial score (nSPS) is 10.7. The smallest absolute Gasteiger partial charge is 0.277 e. The summed E-state index contributed by atoms with van der Waals surface area (Å²) in [4.78, 5) is 23.8. The molecule has 0 unspecified atom stereocenters. The Labute approximate surface area is 138 Å². The van der Waals surface area contributed by atoms with Crippen LogP contribution in [0.15, 0.2) is 16.9 Å². The second-order valence-corrected chi connectivity index (χ2v) is 6.25. The number of nitrogens with one attached hydrogen (secondary N) is 1. The van der Waals surface area contributed by atoms with E-state index in [4.69, 9.17) is 0 Å². The molecule has 0 aliphatic carbocycles. The van der Waals surface area contributed by atoms with Crippen LogP contribution in [0.25, 0.3) is 0 Å². The van der Waals surface area contributed by atoms with Crippen LogP contribution in [0.2, 0.25) is 0 Å². The first kappa shape index (κ1) is 17.3. The monoisotopic (exact) mass is 335 g/mol. The summed E-state index contributed by atoms with van der Waals surface area (Å²) in [6, 6.07) is 2.78. The fourth-order valence-electron chi connectivity index (χ4n) is 2.03. The number of unbranched alkanes of at least 4 members (excludes halogenated alkanes) is 2. The number of aryl methyl sites for hydroxylation is 2.